The fourth-order valence-electron chi connectivity index (χ4n) is 1.45. The molecule has 2 N–H and O–H groups in total. The summed E-state index contributed by atoms with van der Waals surface area (Å²) in [5.41, 5.74) is 3.84. The fourth-order valence-corrected chi connectivity index (χ4v) is 1.45. The number of hydrogen-bond acceptors (Lipinski definition) is 3. The van der Waals surface area contributed by atoms with Gasteiger partial charge in [0.05, 0.1) is 5.69 Å². The summed E-state index contributed by atoms with van der Waals surface area (Å²) in [7, 11) is 0. The van der Waals surface area contributed by atoms with E-state index in [2.05, 4.69) is 0 Å². The van der Waals surface area contributed by atoms with E-state index >= 15 is 0 Å². The van der Waals surface area contributed by atoms with Gasteiger partial charge in [0.15, 0.2) is 5.78 Å². The van der Waals surface area contributed by atoms with Crippen LogP contribution in [0.25, 0.3) is 0 Å². The summed E-state index contributed by atoms with van der Waals surface area (Å²) in [6.07, 6.45) is 0. The first-order valence-corrected chi connectivity index (χ1v) is 4.91. The maximum atomic E-state index is 12.0. The van der Waals surface area contributed by atoms with Crippen LogP contribution in [0.2, 0.25) is 0 Å². The minimum Gasteiger partial charge on any atom is -0.291 e. The van der Waals surface area contributed by atoms with Crippen molar-refractivity contribution in [3.05, 3.63) is 65.7 Å². The van der Waals surface area contributed by atoms with Crippen LogP contribution < -0.4 is 5.48 Å². The largest absolute Gasteiger partial charge is 0.291 e. The van der Waals surface area contributed by atoms with Gasteiger partial charge in [-0.1, -0.05) is 30.3 Å². The summed E-state index contributed by atoms with van der Waals surface area (Å²) in [4.78, 5) is 12.0. The van der Waals surface area contributed by atoms with Gasteiger partial charge >= 0.3 is 0 Å². The molecule has 80 valence electrons. The fraction of sp³-hybridized carbons (Fsp3) is 0. The zero-order valence-corrected chi connectivity index (χ0v) is 8.55. The highest BCUT2D eigenvalue weighted by Gasteiger charge is 2.07. The number of hydrogen-bond donors (Lipinski definition) is 2. The molecule has 2 aromatic carbocycles. The normalized spacial score (nSPS) is 9.81. The molecule has 2 aromatic rings. The van der Waals surface area contributed by atoms with Gasteiger partial charge in [0.1, 0.15) is 0 Å². The van der Waals surface area contributed by atoms with Crippen LogP contribution in [-0.2, 0) is 0 Å². The predicted octanol–water partition coefficient (Wildman–Crippen LogP) is 2.72. The predicted molar refractivity (Wildman–Crippen MR) is 61.7 cm³/mol. The Hall–Kier alpha value is -2.13. The van der Waals surface area contributed by atoms with Crippen LogP contribution in [0.3, 0.4) is 0 Å². The van der Waals surface area contributed by atoms with E-state index in [0.717, 1.165) is 0 Å². The Morgan fingerprint density at radius 1 is 0.875 bits per heavy atom. The van der Waals surface area contributed by atoms with E-state index in [4.69, 9.17) is 5.21 Å². The Morgan fingerprint density at radius 3 is 2.00 bits per heavy atom. The third-order valence-corrected chi connectivity index (χ3v) is 2.31. The summed E-state index contributed by atoms with van der Waals surface area (Å²) in [6, 6.07) is 15.7. The van der Waals surface area contributed by atoms with Gasteiger partial charge in [-0.15, -0.1) is 0 Å². The monoisotopic (exact) mass is 213 g/mol. The lowest BCUT2D eigenvalue weighted by molar-refractivity contribution is 0.103. The van der Waals surface area contributed by atoms with Crippen LogP contribution in [0.15, 0.2) is 54.6 Å². The number of nitrogens with one attached hydrogen (secondary N) is 1. The minimum atomic E-state index is -0.0231. The maximum Gasteiger partial charge on any atom is 0.193 e. The van der Waals surface area contributed by atoms with Crippen LogP contribution in [0.1, 0.15) is 15.9 Å². The smallest absolute Gasteiger partial charge is 0.193 e. The van der Waals surface area contributed by atoms with Crippen molar-refractivity contribution in [3.63, 3.8) is 0 Å². The molecule has 0 aliphatic rings. The second-order valence-electron chi connectivity index (χ2n) is 3.38. The standard InChI is InChI=1S/C13H11NO2/c15-13(10-4-2-1-3-5-10)11-6-8-12(14-16)9-7-11/h1-9,14,16H. The molecule has 0 atom stereocenters. The molecule has 3 heteroatoms. The molecule has 0 fully saturated rings. The third-order valence-electron chi connectivity index (χ3n) is 2.31. The molecule has 3 nitrogen and oxygen atoms in total. The van der Waals surface area contributed by atoms with E-state index in [-0.39, 0.29) is 5.78 Å². The molecule has 0 radical (unpaired) electrons. The van der Waals surface area contributed by atoms with Gasteiger partial charge in [0, 0.05) is 11.1 Å². The Labute approximate surface area is 93.3 Å². The van der Waals surface area contributed by atoms with Gasteiger partial charge in [-0.25, -0.2) is 0 Å². The lowest BCUT2D eigenvalue weighted by atomic mass is 10.0. The Morgan fingerprint density at radius 2 is 1.44 bits per heavy atom. The highest BCUT2D eigenvalue weighted by molar-refractivity contribution is 6.09. The molecule has 2 rings (SSSR count). The van der Waals surface area contributed by atoms with E-state index in [9.17, 15) is 4.79 Å². The lowest BCUT2D eigenvalue weighted by Crippen LogP contribution is -2.00. The molecule has 0 unspecified atom stereocenters. The van der Waals surface area contributed by atoms with Crippen molar-refractivity contribution >= 4 is 11.5 Å². The number of carbonyl (C=O) groups excluding carboxylic acids is 1. The first kappa shape index (κ1) is 10.4. The first-order valence-electron chi connectivity index (χ1n) is 4.91. The van der Waals surface area contributed by atoms with Gasteiger partial charge in [-0.05, 0) is 24.3 Å². The van der Waals surface area contributed by atoms with Crippen LogP contribution >= 0.6 is 0 Å². The molecule has 0 aromatic heterocycles. The second-order valence-corrected chi connectivity index (χ2v) is 3.38. The third kappa shape index (κ3) is 2.10. The molecular weight excluding hydrogens is 202 g/mol. The highest BCUT2D eigenvalue weighted by atomic mass is 16.5. The average molecular weight is 213 g/mol. The van der Waals surface area contributed by atoms with Gasteiger partial charge in [-0.2, -0.15) is 0 Å². The summed E-state index contributed by atoms with van der Waals surface area (Å²) in [5, 5.41) is 8.65. The van der Waals surface area contributed by atoms with Gasteiger partial charge < -0.3 is 0 Å². The van der Waals surface area contributed by atoms with Crippen LogP contribution in [0, 0.1) is 0 Å². The van der Waals surface area contributed by atoms with Gasteiger partial charge in [-0.3, -0.25) is 15.5 Å². The average Bonchev–Trinajstić information content (AvgIpc) is 2.39. The molecule has 0 saturated carbocycles. The molecular formula is C13H11NO2. The lowest BCUT2D eigenvalue weighted by Gasteiger charge is -2.02. The number of carbonyl (C=O) groups is 1. The molecule has 0 bridgehead atoms. The molecule has 0 heterocycles. The number of anilines is 1. The Balaban J connectivity index is 2.28. The summed E-state index contributed by atoms with van der Waals surface area (Å²) >= 11 is 0. The quantitative estimate of drug-likeness (QED) is 0.608. The van der Waals surface area contributed by atoms with Crippen molar-refractivity contribution in [2.45, 2.75) is 0 Å². The zero-order valence-electron chi connectivity index (χ0n) is 8.55. The van der Waals surface area contributed by atoms with Crippen molar-refractivity contribution in [2.24, 2.45) is 0 Å². The molecule has 0 amide bonds. The minimum absolute atomic E-state index is 0.0231. The molecule has 0 aliphatic carbocycles. The van der Waals surface area contributed by atoms with Crippen molar-refractivity contribution in [1.82, 2.24) is 0 Å². The summed E-state index contributed by atoms with van der Waals surface area (Å²) < 4.78 is 0. The Bertz CT molecular complexity index is 477. The van der Waals surface area contributed by atoms with Crippen LogP contribution in [-0.4, -0.2) is 11.0 Å². The summed E-state index contributed by atoms with van der Waals surface area (Å²) in [5.74, 6) is -0.0231. The summed E-state index contributed by atoms with van der Waals surface area (Å²) in [6.45, 7) is 0. The highest BCUT2D eigenvalue weighted by Crippen LogP contribution is 2.12. The molecule has 16 heavy (non-hydrogen) atoms. The van der Waals surface area contributed by atoms with Crippen LogP contribution in [0.5, 0.6) is 0 Å². The SMILES string of the molecule is O=C(c1ccccc1)c1ccc(NO)cc1. The molecule has 0 saturated heterocycles. The maximum absolute atomic E-state index is 12.0. The van der Waals surface area contributed by atoms with E-state index in [0.29, 0.717) is 16.8 Å². The number of benzene rings is 2. The Kier molecular flexibility index (Phi) is 2.98. The van der Waals surface area contributed by atoms with Crippen molar-refractivity contribution in [3.8, 4) is 0 Å². The number of ketones is 1. The van der Waals surface area contributed by atoms with Crippen molar-refractivity contribution in [1.29, 1.82) is 0 Å². The van der Waals surface area contributed by atoms with E-state index < -0.39 is 0 Å². The number of rotatable bonds is 3. The molecule has 0 aliphatic heterocycles. The zero-order chi connectivity index (χ0) is 11.4. The van der Waals surface area contributed by atoms with E-state index in [1.807, 2.05) is 23.7 Å². The first-order chi connectivity index (χ1) is 7.81. The van der Waals surface area contributed by atoms with E-state index in [1.165, 1.54) is 0 Å². The van der Waals surface area contributed by atoms with Crippen LogP contribution in [0.4, 0.5) is 5.69 Å². The topological polar surface area (TPSA) is 49.3 Å². The van der Waals surface area contributed by atoms with Gasteiger partial charge in [0.25, 0.3) is 0 Å². The van der Waals surface area contributed by atoms with Crippen molar-refractivity contribution < 1.29 is 10.0 Å². The van der Waals surface area contributed by atoms with E-state index in [1.54, 1.807) is 36.4 Å². The molecule has 0 spiro atoms. The van der Waals surface area contributed by atoms with Gasteiger partial charge in [0.2, 0.25) is 0 Å². The van der Waals surface area contributed by atoms with Crippen molar-refractivity contribution in [2.75, 3.05) is 5.48 Å². The second kappa shape index (κ2) is 4.59.